The number of halogens is 2. The number of carbonyl (C=O) groups is 1. The summed E-state index contributed by atoms with van der Waals surface area (Å²) < 4.78 is 1.16. The topological polar surface area (TPSA) is 41.1 Å². The second kappa shape index (κ2) is 7.03. The lowest BCUT2D eigenvalue weighted by Crippen LogP contribution is -2.25. The molecule has 0 aliphatic carbocycles. The van der Waals surface area contributed by atoms with E-state index in [-0.39, 0.29) is 18.3 Å². The van der Waals surface area contributed by atoms with Gasteiger partial charge in [-0.05, 0) is 54.3 Å². The number of hydrogen-bond donors (Lipinski definition) is 2. The van der Waals surface area contributed by atoms with Crippen LogP contribution in [0.25, 0.3) is 0 Å². The minimum absolute atomic E-state index is 0. The molecule has 1 amide bonds. The molecule has 0 aromatic heterocycles. The van der Waals surface area contributed by atoms with Gasteiger partial charge >= 0.3 is 0 Å². The van der Waals surface area contributed by atoms with E-state index in [1.54, 1.807) is 7.05 Å². The van der Waals surface area contributed by atoms with Crippen LogP contribution in [0.5, 0.6) is 0 Å². The molecule has 1 aromatic carbocycles. The zero-order chi connectivity index (χ0) is 10.6. The van der Waals surface area contributed by atoms with Crippen LogP contribution < -0.4 is 10.6 Å². The van der Waals surface area contributed by atoms with Crippen LogP contribution in [-0.4, -0.2) is 19.5 Å². The second-order valence-corrected chi connectivity index (χ2v) is 4.20. The van der Waals surface area contributed by atoms with Crippen molar-refractivity contribution in [1.82, 2.24) is 5.32 Å². The van der Waals surface area contributed by atoms with Gasteiger partial charge < -0.3 is 10.6 Å². The summed E-state index contributed by atoms with van der Waals surface area (Å²) in [4.78, 5) is 11.2. The molecule has 2 N–H and O–H groups in total. The van der Waals surface area contributed by atoms with E-state index in [0.717, 1.165) is 9.26 Å². The first-order valence-corrected chi connectivity index (χ1v) is 5.42. The van der Waals surface area contributed by atoms with Gasteiger partial charge in [-0.2, -0.15) is 0 Å². The van der Waals surface area contributed by atoms with Crippen molar-refractivity contribution in [2.24, 2.45) is 0 Å². The molecule has 3 nitrogen and oxygen atoms in total. The molecule has 0 spiro atoms. The van der Waals surface area contributed by atoms with Crippen molar-refractivity contribution in [1.29, 1.82) is 0 Å². The largest absolute Gasteiger partial charge is 0.325 e. The summed E-state index contributed by atoms with van der Waals surface area (Å²) in [6, 6.07) is 5.87. The summed E-state index contributed by atoms with van der Waals surface area (Å²) in [5.74, 6) is -0.0212. The van der Waals surface area contributed by atoms with Gasteiger partial charge in [-0.3, -0.25) is 4.79 Å². The highest BCUT2D eigenvalue weighted by molar-refractivity contribution is 14.1. The second-order valence-electron chi connectivity index (χ2n) is 3.04. The molecule has 1 rings (SSSR count). The first-order valence-electron chi connectivity index (χ1n) is 4.34. The number of carbonyl (C=O) groups excluding carboxylic acids is 1. The lowest BCUT2D eigenvalue weighted by atomic mass is 10.2. The van der Waals surface area contributed by atoms with Crippen molar-refractivity contribution in [2.75, 3.05) is 18.9 Å². The standard InChI is InChI=1S/C10H13IN2O.ClH/c1-7-3-4-8(5-9(7)11)13-10(14)6-12-2;/h3-5,12H,6H2,1-2H3,(H,13,14);1H. The van der Waals surface area contributed by atoms with Gasteiger partial charge in [0.15, 0.2) is 0 Å². The van der Waals surface area contributed by atoms with Crippen LogP contribution in [0.3, 0.4) is 0 Å². The minimum Gasteiger partial charge on any atom is -0.325 e. The minimum atomic E-state index is -0.0212. The number of aryl methyl sites for hydroxylation is 1. The number of likely N-dealkylation sites (N-methyl/N-ethyl adjacent to an activating group) is 1. The fourth-order valence-electron chi connectivity index (χ4n) is 1.04. The van der Waals surface area contributed by atoms with Gasteiger partial charge in [0.2, 0.25) is 5.91 Å². The van der Waals surface area contributed by atoms with Gasteiger partial charge in [-0.1, -0.05) is 6.07 Å². The van der Waals surface area contributed by atoms with Crippen molar-refractivity contribution in [3.63, 3.8) is 0 Å². The van der Waals surface area contributed by atoms with Gasteiger partial charge in [0.05, 0.1) is 6.54 Å². The zero-order valence-corrected chi connectivity index (χ0v) is 11.6. The number of hydrogen-bond acceptors (Lipinski definition) is 2. The number of rotatable bonds is 3. The van der Waals surface area contributed by atoms with E-state index in [9.17, 15) is 4.79 Å². The number of nitrogens with one attached hydrogen (secondary N) is 2. The monoisotopic (exact) mass is 340 g/mol. The molecule has 0 unspecified atom stereocenters. The maximum Gasteiger partial charge on any atom is 0.238 e. The van der Waals surface area contributed by atoms with Crippen LogP contribution in [0.15, 0.2) is 18.2 Å². The molecule has 1 aromatic rings. The number of amides is 1. The van der Waals surface area contributed by atoms with Crippen molar-refractivity contribution in [2.45, 2.75) is 6.92 Å². The third kappa shape index (κ3) is 4.81. The Morgan fingerprint density at radius 2 is 2.13 bits per heavy atom. The van der Waals surface area contributed by atoms with E-state index in [2.05, 4.69) is 33.2 Å². The van der Waals surface area contributed by atoms with Crippen molar-refractivity contribution in [3.8, 4) is 0 Å². The molecular weight excluding hydrogens is 326 g/mol. The summed E-state index contributed by atoms with van der Waals surface area (Å²) in [7, 11) is 1.75. The SMILES string of the molecule is CNCC(=O)Nc1ccc(C)c(I)c1.Cl. The van der Waals surface area contributed by atoms with Crippen LogP contribution >= 0.6 is 35.0 Å². The Morgan fingerprint density at radius 3 is 2.67 bits per heavy atom. The maximum absolute atomic E-state index is 11.2. The molecule has 0 atom stereocenters. The third-order valence-corrected chi connectivity index (χ3v) is 2.96. The lowest BCUT2D eigenvalue weighted by Gasteiger charge is -2.06. The van der Waals surface area contributed by atoms with Crippen LogP contribution in [0.2, 0.25) is 0 Å². The van der Waals surface area contributed by atoms with E-state index in [4.69, 9.17) is 0 Å². The maximum atomic E-state index is 11.2. The van der Waals surface area contributed by atoms with Gasteiger partial charge in [0.1, 0.15) is 0 Å². The lowest BCUT2D eigenvalue weighted by molar-refractivity contribution is -0.115. The Hall–Kier alpha value is -0.330. The Labute approximate surface area is 110 Å². The quantitative estimate of drug-likeness (QED) is 0.828. The van der Waals surface area contributed by atoms with E-state index in [1.807, 2.05) is 25.1 Å². The predicted octanol–water partition coefficient (Wildman–Crippen LogP) is 2.18. The number of anilines is 1. The molecule has 0 saturated heterocycles. The summed E-state index contributed by atoms with van der Waals surface area (Å²) in [6.45, 7) is 2.38. The molecule has 0 aliphatic heterocycles. The van der Waals surface area contributed by atoms with Gasteiger partial charge in [-0.15, -0.1) is 12.4 Å². The van der Waals surface area contributed by atoms with Gasteiger partial charge in [-0.25, -0.2) is 0 Å². The molecule has 0 heterocycles. The molecular formula is C10H14ClIN2O. The predicted molar refractivity (Wildman–Crippen MR) is 73.7 cm³/mol. The smallest absolute Gasteiger partial charge is 0.238 e. The molecule has 84 valence electrons. The Balaban J connectivity index is 0.00000196. The fourth-order valence-corrected chi connectivity index (χ4v) is 1.55. The molecule has 0 saturated carbocycles. The Bertz CT molecular complexity index is 344. The fraction of sp³-hybridized carbons (Fsp3) is 0.300. The highest BCUT2D eigenvalue weighted by Crippen LogP contribution is 2.16. The van der Waals surface area contributed by atoms with Gasteiger partial charge in [0, 0.05) is 9.26 Å². The van der Waals surface area contributed by atoms with E-state index in [1.165, 1.54) is 5.56 Å². The Kier molecular flexibility index (Phi) is 6.87. The molecule has 5 heteroatoms. The number of benzene rings is 1. The van der Waals surface area contributed by atoms with Gasteiger partial charge in [0.25, 0.3) is 0 Å². The van der Waals surface area contributed by atoms with Crippen molar-refractivity contribution >= 4 is 46.6 Å². The normalized spacial score (nSPS) is 9.27. The summed E-state index contributed by atoms with van der Waals surface area (Å²) in [5.41, 5.74) is 2.07. The van der Waals surface area contributed by atoms with Crippen LogP contribution in [-0.2, 0) is 4.79 Å². The zero-order valence-electron chi connectivity index (χ0n) is 8.63. The Morgan fingerprint density at radius 1 is 1.47 bits per heavy atom. The average Bonchev–Trinajstić information content (AvgIpc) is 2.12. The molecule has 0 radical (unpaired) electrons. The average molecular weight is 341 g/mol. The van der Waals surface area contributed by atoms with E-state index >= 15 is 0 Å². The molecule has 0 bridgehead atoms. The van der Waals surface area contributed by atoms with E-state index < -0.39 is 0 Å². The first kappa shape index (κ1) is 14.7. The van der Waals surface area contributed by atoms with Crippen LogP contribution in [0.1, 0.15) is 5.56 Å². The van der Waals surface area contributed by atoms with Crippen LogP contribution in [0.4, 0.5) is 5.69 Å². The summed E-state index contributed by atoms with van der Waals surface area (Å²) in [6.07, 6.45) is 0. The highest BCUT2D eigenvalue weighted by Gasteiger charge is 2.01. The summed E-state index contributed by atoms with van der Waals surface area (Å²) >= 11 is 2.25. The molecule has 0 fully saturated rings. The van der Waals surface area contributed by atoms with Crippen molar-refractivity contribution in [3.05, 3.63) is 27.3 Å². The van der Waals surface area contributed by atoms with E-state index in [0.29, 0.717) is 6.54 Å². The molecule has 15 heavy (non-hydrogen) atoms. The summed E-state index contributed by atoms with van der Waals surface area (Å²) in [5, 5.41) is 5.60. The van der Waals surface area contributed by atoms with Crippen LogP contribution in [0, 0.1) is 10.5 Å². The highest BCUT2D eigenvalue weighted by atomic mass is 127. The van der Waals surface area contributed by atoms with Crippen molar-refractivity contribution < 1.29 is 4.79 Å². The first-order chi connectivity index (χ1) is 6.63. The third-order valence-electron chi connectivity index (χ3n) is 1.79. The molecule has 0 aliphatic rings.